The molecule has 0 saturated heterocycles. The van der Waals surface area contributed by atoms with E-state index in [0.29, 0.717) is 12.8 Å². The Morgan fingerprint density at radius 1 is 0.810 bits per heavy atom. The van der Waals surface area contributed by atoms with Gasteiger partial charge >= 0.3 is 12.1 Å². The fourth-order valence-electron chi connectivity index (χ4n) is 1.99. The largest absolute Gasteiger partial charge is 0.490 e. The van der Waals surface area contributed by atoms with Crippen molar-refractivity contribution in [2.45, 2.75) is 76.8 Å². The Bertz CT molecular complexity index is 278. The molecule has 0 aromatic rings. The van der Waals surface area contributed by atoms with Crippen molar-refractivity contribution in [1.82, 2.24) is 0 Å². The Morgan fingerprint density at radius 3 is 1.67 bits per heavy atom. The number of ether oxygens (including phenoxy) is 1. The van der Waals surface area contributed by atoms with Gasteiger partial charge in [0.05, 0.1) is 6.61 Å². The fourth-order valence-corrected chi connectivity index (χ4v) is 1.99. The van der Waals surface area contributed by atoms with Crippen LogP contribution in [0.25, 0.3) is 0 Å². The van der Waals surface area contributed by atoms with Crippen molar-refractivity contribution in [3.05, 3.63) is 0 Å². The number of rotatable bonds is 13. The van der Waals surface area contributed by atoms with E-state index in [4.69, 9.17) is 0 Å². The van der Waals surface area contributed by atoms with Crippen LogP contribution in [0.15, 0.2) is 0 Å². The van der Waals surface area contributed by atoms with Gasteiger partial charge in [-0.2, -0.15) is 13.2 Å². The first-order chi connectivity index (χ1) is 9.98. The van der Waals surface area contributed by atoms with E-state index in [1.165, 1.54) is 6.42 Å². The summed E-state index contributed by atoms with van der Waals surface area (Å²) in [6.07, 6.45) is 6.66. The maximum atomic E-state index is 11.8. The molecular weight excluding hydrogens is 285 g/mol. The molecule has 6 heteroatoms. The van der Waals surface area contributed by atoms with Crippen LogP contribution in [0.4, 0.5) is 13.2 Å². The Morgan fingerprint density at radius 2 is 1.24 bits per heavy atom. The van der Waals surface area contributed by atoms with Crippen molar-refractivity contribution in [3.8, 4) is 0 Å². The van der Waals surface area contributed by atoms with Crippen molar-refractivity contribution in [3.63, 3.8) is 0 Å². The number of hydrogen-bond donors (Lipinski definition) is 0. The zero-order valence-corrected chi connectivity index (χ0v) is 12.4. The monoisotopic (exact) mass is 310 g/mol. The average Bonchev–Trinajstić information content (AvgIpc) is 2.42. The number of alkyl halides is 3. The van der Waals surface area contributed by atoms with Crippen LogP contribution in [0, 0.1) is 0 Å². The predicted octanol–water partition coefficient (Wildman–Crippen LogP) is 4.58. The SMILES string of the molecule is O=CCCCCCCCCCCCCOC(=O)C(F)(F)F. The molecule has 0 radical (unpaired) electrons. The number of hydrogen-bond acceptors (Lipinski definition) is 3. The number of halogens is 3. The lowest BCUT2D eigenvalue weighted by Gasteiger charge is -2.07. The third-order valence-corrected chi connectivity index (χ3v) is 3.18. The normalized spacial score (nSPS) is 11.4. The quantitative estimate of drug-likeness (QED) is 0.284. The molecule has 21 heavy (non-hydrogen) atoms. The Kier molecular flexibility index (Phi) is 12.0. The summed E-state index contributed by atoms with van der Waals surface area (Å²) < 4.78 is 39.5. The molecule has 3 nitrogen and oxygen atoms in total. The lowest BCUT2D eigenvalue weighted by molar-refractivity contribution is -0.199. The first-order valence-corrected chi connectivity index (χ1v) is 7.66. The molecule has 0 saturated carbocycles. The summed E-state index contributed by atoms with van der Waals surface area (Å²) in [4.78, 5) is 20.5. The van der Waals surface area contributed by atoms with E-state index in [-0.39, 0.29) is 6.61 Å². The van der Waals surface area contributed by atoms with Crippen molar-refractivity contribution in [2.75, 3.05) is 6.61 Å². The standard InChI is InChI=1S/C15H25F3O3/c16-15(17,18)14(20)21-13-11-9-7-5-3-1-2-4-6-8-10-12-19/h12H,1-11,13H2. The molecule has 0 aromatic carbocycles. The molecule has 0 atom stereocenters. The predicted molar refractivity (Wildman–Crippen MR) is 73.9 cm³/mol. The third-order valence-electron chi connectivity index (χ3n) is 3.18. The molecule has 0 N–H and O–H groups in total. The van der Waals surface area contributed by atoms with Crippen LogP contribution in [0.5, 0.6) is 0 Å². The van der Waals surface area contributed by atoms with Gasteiger partial charge in [-0.25, -0.2) is 4.79 Å². The van der Waals surface area contributed by atoms with Crippen LogP contribution in [0.1, 0.15) is 70.6 Å². The Hall–Kier alpha value is -1.07. The summed E-state index contributed by atoms with van der Waals surface area (Å²) in [5.74, 6) is -2.10. The van der Waals surface area contributed by atoms with Crippen molar-refractivity contribution in [2.24, 2.45) is 0 Å². The number of carbonyl (C=O) groups is 2. The number of aldehydes is 1. The van der Waals surface area contributed by atoms with Crippen LogP contribution < -0.4 is 0 Å². The smallest absolute Gasteiger partial charge is 0.459 e. The van der Waals surface area contributed by atoms with E-state index >= 15 is 0 Å². The zero-order chi connectivity index (χ0) is 16.0. The summed E-state index contributed by atoms with van der Waals surface area (Å²) >= 11 is 0. The number of esters is 1. The van der Waals surface area contributed by atoms with E-state index in [2.05, 4.69) is 4.74 Å². The van der Waals surface area contributed by atoms with Gasteiger partial charge in [-0.05, 0) is 12.8 Å². The summed E-state index contributed by atoms with van der Waals surface area (Å²) in [7, 11) is 0. The topological polar surface area (TPSA) is 43.4 Å². The van der Waals surface area contributed by atoms with E-state index in [0.717, 1.165) is 57.7 Å². The van der Waals surface area contributed by atoms with E-state index in [9.17, 15) is 22.8 Å². The molecule has 0 fully saturated rings. The molecule has 0 heterocycles. The first kappa shape index (κ1) is 19.9. The van der Waals surface area contributed by atoms with Gasteiger partial charge in [-0.15, -0.1) is 0 Å². The molecular formula is C15H25F3O3. The molecule has 0 amide bonds. The summed E-state index contributed by atoms with van der Waals surface area (Å²) in [6, 6.07) is 0. The van der Waals surface area contributed by atoms with Crippen LogP contribution in [-0.4, -0.2) is 25.0 Å². The second-order valence-electron chi connectivity index (χ2n) is 5.12. The minimum atomic E-state index is -4.88. The van der Waals surface area contributed by atoms with Gasteiger partial charge in [0, 0.05) is 6.42 Å². The van der Waals surface area contributed by atoms with Crippen LogP contribution in [-0.2, 0) is 14.3 Å². The van der Waals surface area contributed by atoms with Gasteiger partial charge in [-0.3, -0.25) is 0 Å². The molecule has 0 aromatic heterocycles. The highest BCUT2D eigenvalue weighted by atomic mass is 19.4. The van der Waals surface area contributed by atoms with Gasteiger partial charge in [0.25, 0.3) is 0 Å². The summed E-state index contributed by atoms with van der Waals surface area (Å²) in [5, 5.41) is 0. The van der Waals surface area contributed by atoms with Crippen molar-refractivity contribution < 1.29 is 27.5 Å². The highest BCUT2D eigenvalue weighted by Gasteiger charge is 2.40. The Labute approximate surface area is 124 Å². The second-order valence-corrected chi connectivity index (χ2v) is 5.12. The van der Waals surface area contributed by atoms with E-state index in [1.54, 1.807) is 0 Å². The maximum absolute atomic E-state index is 11.8. The minimum absolute atomic E-state index is 0.158. The van der Waals surface area contributed by atoms with Crippen LogP contribution in [0.2, 0.25) is 0 Å². The van der Waals surface area contributed by atoms with Gasteiger partial charge in [0.2, 0.25) is 0 Å². The lowest BCUT2D eigenvalue weighted by atomic mass is 10.1. The van der Waals surface area contributed by atoms with Crippen LogP contribution >= 0.6 is 0 Å². The third kappa shape index (κ3) is 13.7. The maximum Gasteiger partial charge on any atom is 0.490 e. The molecule has 0 unspecified atom stereocenters. The van der Waals surface area contributed by atoms with Crippen molar-refractivity contribution in [1.29, 1.82) is 0 Å². The highest BCUT2D eigenvalue weighted by Crippen LogP contribution is 2.17. The van der Waals surface area contributed by atoms with Gasteiger partial charge in [0.15, 0.2) is 0 Å². The number of carbonyl (C=O) groups excluding carboxylic acids is 2. The van der Waals surface area contributed by atoms with Gasteiger partial charge < -0.3 is 9.53 Å². The molecule has 0 rings (SSSR count). The van der Waals surface area contributed by atoms with Crippen LogP contribution in [0.3, 0.4) is 0 Å². The van der Waals surface area contributed by atoms with Crippen molar-refractivity contribution >= 4 is 12.3 Å². The minimum Gasteiger partial charge on any atom is -0.459 e. The van der Waals surface area contributed by atoms with E-state index in [1.807, 2.05) is 0 Å². The van der Waals surface area contributed by atoms with Gasteiger partial charge in [-0.1, -0.05) is 51.4 Å². The Balaban J connectivity index is 3.16. The molecule has 124 valence electrons. The molecule has 0 spiro atoms. The summed E-state index contributed by atoms with van der Waals surface area (Å²) in [5.41, 5.74) is 0. The summed E-state index contributed by atoms with van der Waals surface area (Å²) in [6.45, 7) is -0.158. The second kappa shape index (κ2) is 12.7. The molecule has 0 aliphatic rings. The highest BCUT2D eigenvalue weighted by molar-refractivity contribution is 5.75. The molecule has 0 bridgehead atoms. The van der Waals surface area contributed by atoms with Gasteiger partial charge in [0.1, 0.15) is 6.29 Å². The first-order valence-electron chi connectivity index (χ1n) is 7.66. The molecule has 0 aliphatic heterocycles. The van der Waals surface area contributed by atoms with E-state index < -0.39 is 12.1 Å². The zero-order valence-electron chi connectivity index (χ0n) is 12.4. The number of unbranched alkanes of at least 4 members (excludes halogenated alkanes) is 10. The fraction of sp³-hybridized carbons (Fsp3) is 0.867. The lowest BCUT2D eigenvalue weighted by Crippen LogP contribution is -2.25. The average molecular weight is 310 g/mol. The molecule has 0 aliphatic carbocycles.